The van der Waals surface area contributed by atoms with Crippen molar-refractivity contribution in [2.24, 2.45) is 0 Å². The van der Waals surface area contributed by atoms with Crippen LogP contribution in [0.15, 0.2) is 22.0 Å². The van der Waals surface area contributed by atoms with E-state index in [-0.39, 0.29) is 6.61 Å². The van der Waals surface area contributed by atoms with Crippen LogP contribution in [-0.2, 0) is 6.61 Å². The molecule has 0 unspecified atom stereocenters. The fraction of sp³-hybridized carbons (Fsp3) is 0.200. The van der Waals surface area contributed by atoms with Crippen molar-refractivity contribution in [1.82, 2.24) is 0 Å². The van der Waals surface area contributed by atoms with Gasteiger partial charge in [-0.3, -0.25) is 0 Å². The number of thiophene rings is 1. The van der Waals surface area contributed by atoms with Gasteiger partial charge >= 0.3 is 0 Å². The largest absolute Gasteiger partial charge is 0.495 e. The van der Waals surface area contributed by atoms with Gasteiger partial charge in [-0.05, 0) is 39.0 Å². The van der Waals surface area contributed by atoms with Crippen molar-refractivity contribution in [1.29, 1.82) is 0 Å². The molecule has 74 valence electrons. The van der Waals surface area contributed by atoms with E-state index in [0.29, 0.717) is 0 Å². The average Bonchev–Trinajstić information content (AvgIpc) is 2.61. The lowest BCUT2D eigenvalue weighted by Crippen LogP contribution is -1.87. The molecule has 0 aliphatic carbocycles. The first-order valence-electron chi connectivity index (χ1n) is 4.11. The molecule has 0 atom stereocenters. The lowest BCUT2D eigenvalue weighted by Gasteiger charge is -2.05. The summed E-state index contributed by atoms with van der Waals surface area (Å²) in [6, 6.07) is 3.98. The van der Waals surface area contributed by atoms with E-state index in [1.54, 1.807) is 18.4 Å². The van der Waals surface area contributed by atoms with Gasteiger partial charge in [0.25, 0.3) is 0 Å². The first-order chi connectivity index (χ1) is 6.77. The zero-order valence-electron chi connectivity index (χ0n) is 7.58. The quantitative estimate of drug-likeness (QED) is 0.910. The second-order valence-corrected chi connectivity index (χ2v) is 4.64. The molecular formula is C10H9BrO2S. The van der Waals surface area contributed by atoms with Crippen LogP contribution in [0.1, 0.15) is 5.56 Å². The Bertz CT molecular complexity index is 464. The third-order valence-electron chi connectivity index (χ3n) is 2.10. The third kappa shape index (κ3) is 1.43. The minimum absolute atomic E-state index is 0.0484. The van der Waals surface area contributed by atoms with Gasteiger partial charge in [-0.1, -0.05) is 0 Å². The van der Waals surface area contributed by atoms with Gasteiger partial charge in [0.15, 0.2) is 0 Å². The Balaban J connectivity index is 2.81. The first kappa shape index (κ1) is 9.96. The van der Waals surface area contributed by atoms with Gasteiger partial charge in [-0.25, -0.2) is 0 Å². The molecule has 0 saturated heterocycles. The topological polar surface area (TPSA) is 29.5 Å². The standard InChI is InChI=1S/C10H9BrO2S/c1-13-10-7(11)2-3-8-9(10)6(4-12)5-14-8/h2-3,5,12H,4H2,1H3. The number of fused-ring (bicyclic) bond motifs is 1. The zero-order valence-corrected chi connectivity index (χ0v) is 9.98. The smallest absolute Gasteiger partial charge is 0.142 e. The highest BCUT2D eigenvalue weighted by Crippen LogP contribution is 2.38. The van der Waals surface area contributed by atoms with Gasteiger partial charge in [0.2, 0.25) is 0 Å². The highest BCUT2D eigenvalue weighted by molar-refractivity contribution is 9.10. The molecule has 0 spiro atoms. The molecule has 1 heterocycles. The molecular weight excluding hydrogens is 264 g/mol. The number of halogens is 1. The molecule has 14 heavy (non-hydrogen) atoms. The van der Waals surface area contributed by atoms with Crippen molar-refractivity contribution in [2.45, 2.75) is 6.61 Å². The number of aliphatic hydroxyl groups excluding tert-OH is 1. The molecule has 4 heteroatoms. The molecule has 0 saturated carbocycles. The number of benzene rings is 1. The van der Waals surface area contributed by atoms with E-state index in [9.17, 15) is 5.11 Å². The number of methoxy groups -OCH3 is 1. The summed E-state index contributed by atoms with van der Waals surface area (Å²) in [5, 5.41) is 12.1. The van der Waals surface area contributed by atoms with E-state index in [4.69, 9.17) is 4.74 Å². The fourth-order valence-electron chi connectivity index (χ4n) is 1.45. The van der Waals surface area contributed by atoms with Crippen LogP contribution < -0.4 is 4.74 Å². The number of ether oxygens (including phenoxy) is 1. The Kier molecular flexibility index (Phi) is 2.76. The predicted octanol–water partition coefficient (Wildman–Crippen LogP) is 3.16. The number of aliphatic hydroxyl groups is 1. The van der Waals surface area contributed by atoms with Crippen LogP contribution in [0.5, 0.6) is 5.75 Å². The van der Waals surface area contributed by atoms with E-state index in [0.717, 1.165) is 25.9 Å². The molecule has 2 nitrogen and oxygen atoms in total. The summed E-state index contributed by atoms with van der Waals surface area (Å²) in [4.78, 5) is 0. The van der Waals surface area contributed by atoms with Gasteiger partial charge in [0.05, 0.1) is 18.2 Å². The van der Waals surface area contributed by atoms with Crippen molar-refractivity contribution in [2.75, 3.05) is 7.11 Å². The Morgan fingerprint density at radius 3 is 2.93 bits per heavy atom. The lowest BCUT2D eigenvalue weighted by molar-refractivity contribution is 0.283. The van der Waals surface area contributed by atoms with Gasteiger partial charge in [-0.15, -0.1) is 11.3 Å². The van der Waals surface area contributed by atoms with Crippen LogP contribution in [0, 0.1) is 0 Å². The minimum Gasteiger partial charge on any atom is -0.495 e. The Hall–Kier alpha value is -0.580. The maximum absolute atomic E-state index is 9.17. The van der Waals surface area contributed by atoms with Crippen molar-refractivity contribution >= 4 is 37.4 Å². The van der Waals surface area contributed by atoms with Crippen molar-refractivity contribution in [3.05, 3.63) is 27.5 Å². The van der Waals surface area contributed by atoms with Crippen molar-refractivity contribution in [3.63, 3.8) is 0 Å². The molecule has 2 aromatic rings. The molecule has 0 fully saturated rings. The highest BCUT2D eigenvalue weighted by atomic mass is 79.9. The van der Waals surface area contributed by atoms with E-state index in [1.807, 2.05) is 17.5 Å². The van der Waals surface area contributed by atoms with Crippen LogP contribution in [0.25, 0.3) is 10.1 Å². The minimum atomic E-state index is 0.0484. The SMILES string of the molecule is COc1c(Br)ccc2scc(CO)c12. The van der Waals surface area contributed by atoms with Crippen LogP contribution in [0.3, 0.4) is 0 Å². The summed E-state index contributed by atoms with van der Waals surface area (Å²) < 4.78 is 7.36. The van der Waals surface area contributed by atoms with Crippen LogP contribution in [-0.4, -0.2) is 12.2 Å². The van der Waals surface area contributed by atoms with E-state index < -0.39 is 0 Å². The average molecular weight is 273 g/mol. The van der Waals surface area contributed by atoms with Crippen LogP contribution >= 0.6 is 27.3 Å². The van der Waals surface area contributed by atoms with Crippen molar-refractivity contribution < 1.29 is 9.84 Å². The second-order valence-electron chi connectivity index (χ2n) is 2.87. The van der Waals surface area contributed by atoms with Crippen LogP contribution in [0.4, 0.5) is 0 Å². The summed E-state index contributed by atoms with van der Waals surface area (Å²) in [5.41, 5.74) is 0.920. The second kappa shape index (κ2) is 3.88. The molecule has 1 aromatic carbocycles. The van der Waals surface area contributed by atoms with Gasteiger partial charge < -0.3 is 9.84 Å². The maximum atomic E-state index is 9.17. The normalized spacial score (nSPS) is 10.8. The van der Waals surface area contributed by atoms with Gasteiger partial charge in [0.1, 0.15) is 5.75 Å². The van der Waals surface area contributed by atoms with Gasteiger partial charge in [-0.2, -0.15) is 0 Å². The Labute approximate surface area is 94.3 Å². The molecule has 1 aromatic heterocycles. The summed E-state index contributed by atoms with van der Waals surface area (Å²) in [5.74, 6) is 0.799. The number of hydrogen-bond acceptors (Lipinski definition) is 3. The Morgan fingerprint density at radius 1 is 1.50 bits per heavy atom. The number of rotatable bonds is 2. The third-order valence-corrected chi connectivity index (χ3v) is 3.72. The number of hydrogen-bond donors (Lipinski definition) is 1. The fourth-order valence-corrected chi connectivity index (χ4v) is 2.89. The maximum Gasteiger partial charge on any atom is 0.142 e. The lowest BCUT2D eigenvalue weighted by atomic mass is 10.1. The van der Waals surface area contributed by atoms with E-state index in [1.165, 1.54) is 0 Å². The molecule has 2 rings (SSSR count). The first-order valence-corrected chi connectivity index (χ1v) is 5.78. The summed E-state index contributed by atoms with van der Waals surface area (Å²) in [6.07, 6.45) is 0. The zero-order chi connectivity index (χ0) is 10.1. The molecule has 0 aliphatic rings. The molecule has 0 radical (unpaired) electrons. The summed E-state index contributed by atoms with van der Waals surface area (Å²) >= 11 is 5.04. The van der Waals surface area contributed by atoms with Crippen LogP contribution in [0.2, 0.25) is 0 Å². The molecule has 0 amide bonds. The highest BCUT2D eigenvalue weighted by Gasteiger charge is 2.11. The summed E-state index contributed by atoms with van der Waals surface area (Å²) in [7, 11) is 1.64. The van der Waals surface area contributed by atoms with E-state index >= 15 is 0 Å². The molecule has 1 N–H and O–H groups in total. The summed E-state index contributed by atoms with van der Waals surface area (Å²) in [6.45, 7) is 0.0484. The van der Waals surface area contributed by atoms with Crippen molar-refractivity contribution in [3.8, 4) is 5.75 Å². The Morgan fingerprint density at radius 2 is 2.29 bits per heavy atom. The van der Waals surface area contributed by atoms with Gasteiger partial charge in [0, 0.05) is 10.1 Å². The monoisotopic (exact) mass is 272 g/mol. The predicted molar refractivity (Wildman–Crippen MR) is 62.0 cm³/mol. The molecule has 0 aliphatic heterocycles. The van der Waals surface area contributed by atoms with E-state index in [2.05, 4.69) is 15.9 Å². The molecule has 0 bridgehead atoms.